The normalized spacial score (nSPS) is 10.8. The van der Waals surface area contributed by atoms with Gasteiger partial charge in [0.2, 0.25) is 5.91 Å². The van der Waals surface area contributed by atoms with Crippen molar-refractivity contribution >= 4 is 22.5 Å². The van der Waals surface area contributed by atoms with Gasteiger partial charge in [0.25, 0.3) is 0 Å². The molecule has 1 heterocycles. The number of rotatable bonds is 6. The smallest absolute Gasteiger partial charge is 0.224 e. The second kappa shape index (κ2) is 8.18. The summed E-state index contributed by atoms with van der Waals surface area (Å²) in [6.07, 6.45) is 0.426. The molecule has 0 aliphatic heterocycles. The third kappa shape index (κ3) is 3.93. The molecule has 5 heteroatoms. The van der Waals surface area contributed by atoms with Gasteiger partial charge in [0.05, 0.1) is 23.5 Å². The summed E-state index contributed by atoms with van der Waals surface area (Å²) in [5, 5.41) is 13.0. The molecule has 0 fully saturated rings. The molecular weight excluding hydrogens is 340 g/mol. The first kappa shape index (κ1) is 18.9. The highest BCUT2D eigenvalue weighted by atomic mass is 16.5. The van der Waals surface area contributed by atoms with Crippen molar-refractivity contribution in [1.29, 1.82) is 0 Å². The topological polar surface area (TPSA) is 71.5 Å². The zero-order valence-corrected chi connectivity index (χ0v) is 15.9. The summed E-state index contributed by atoms with van der Waals surface area (Å²) in [6.45, 7) is 6.05. The van der Waals surface area contributed by atoms with Crippen LogP contribution in [0.1, 0.15) is 24.5 Å². The Hall–Kier alpha value is -2.92. The van der Waals surface area contributed by atoms with Crippen LogP contribution in [0, 0.1) is 13.8 Å². The zero-order chi connectivity index (χ0) is 19.4. The number of nitrogens with one attached hydrogen (secondary N) is 1. The Labute approximate surface area is 159 Å². The Balaban J connectivity index is 2.16. The molecule has 0 saturated carbocycles. The number of aryl methyl sites for hydroxylation is 2. The van der Waals surface area contributed by atoms with Crippen molar-refractivity contribution in [3.8, 4) is 17.0 Å². The average molecular weight is 364 g/mol. The van der Waals surface area contributed by atoms with E-state index in [4.69, 9.17) is 14.8 Å². The fourth-order valence-electron chi connectivity index (χ4n) is 3.11. The Kier molecular flexibility index (Phi) is 5.72. The first-order chi connectivity index (χ1) is 13.0. The molecule has 1 amide bonds. The highest BCUT2D eigenvalue weighted by molar-refractivity contribution is 6.04. The SMILES string of the molecule is CCC(=O)Nc1ccc(C)c2nc(-c3ccccc3OCCO)cc(C)c12. The molecule has 2 aromatic carbocycles. The lowest BCUT2D eigenvalue weighted by molar-refractivity contribution is -0.115. The lowest BCUT2D eigenvalue weighted by atomic mass is 10.0. The molecule has 2 N–H and O–H groups in total. The Morgan fingerprint density at radius 3 is 2.67 bits per heavy atom. The van der Waals surface area contributed by atoms with Crippen molar-refractivity contribution in [2.45, 2.75) is 27.2 Å². The number of hydrogen-bond donors (Lipinski definition) is 2. The average Bonchev–Trinajstić information content (AvgIpc) is 2.68. The molecule has 0 spiro atoms. The lowest BCUT2D eigenvalue weighted by Gasteiger charge is -2.15. The van der Waals surface area contributed by atoms with Gasteiger partial charge >= 0.3 is 0 Å². The molecule has 5 nitrogen and oxygen atoms in total. The summed E-state index contributed by atoms with van der Waals surface area (Å²) >= 11 is 0. The molecule has 0 saturated heterocycles. The van der Waals surface area contributed by atoms with Gasteiger partial charge in [-0.3, -0.25) is 4.79 Å². The van der Waals surface area contributed by atoms with Crippen LogP contribution in [0.5, 0.6) is 5.75 Å². The van der Waals surface area contributed by atoms with Crippen LogP contribution >= 0.6 is 0 Å². The molecular formula is C22H24N2O3. The number of carbonyl (C=O) groups excluding carboxylic acids is 1. The molecule has 0 aliphatic carbocycles. The summed E-state index contributed by atoms with van der Waals surface area (Å²) in [4.78, 5) is 16.8. The summed E-state index contributed by atoms with van der Waals surface area (Å²) in [5.74, 6) is 0.664. The van der Waals surface area contributed by atoms with E-state index in [1.54, 1.807) is 0 Å². The molecule has 27 heavy (non-hydrogen) atoms. The van der Waals surface area contributed by atoms with Crippen LogP contribution in [0.4, 0.5) is 5.69 Å². The predicted octanol–water partition coefficient (Wildman–Crippen LogP) is 4.24. The Morgan fingerprint density at radius 2 is 1.93 bits per heavy atom. The lowest BCUT2D eigenvalue weighted by Crippen LogP contribution is -2.10. The standard InChI is InChI=1S/C22H24N2O3/c1-4-20(26)23-17-10-9-14(2)22-21(17)15(3)13-18(24-22)16-7-5-6-8-19(16)27-12-11-25/h5-10,13,25H,4,11-12H2,1-3H3,(H,23,26). The molecule has 0 bridgehead atoms. The van der Waals surface area contributed by atoms with Crippen LogP contribution in [0.25, 0.3) is 22.2 Å². The van der Waals surface area contributed by atoms with Crippen LogP contribution < -0.4 is 10.1 Å². The number of pyridine rings is 1. The number of aliphatic hydroxyl groups is 1. The minimum atomic E-state index is -0.0435. The van der Waals surface area contributed by atoms with Crippen molar-refractivity contribution < 1.29 is 14.6 Å². The van der Waals surface area contributed by atoms with Crippen molar-refractivity contribution in [2.24, 2.45) is 0 Å². The fraction of sp³-hybridized carbons (Fsp3) is 0.273. The van der Waals surface area contributed by atoms with Gasteiger partial charge in [0.15, 0.2) is 0 Å². The van der Waals surface area contributed by atoms with E-state index in [0.717, 1.165) is 39.0 Å². The predicted molar refractivity (Wildman–Crippen MR) is 108 cm³/mol. The number of benzene rings is 2. The third-order valence-corrected chi connectivity index (χ3v) is 4.47. The van der Waals surface area contributed by atoms with Crippen molar-refractivity contribution in [3.63, 3.8) is 0 Å². The maximum Gasteiger partial charge on any atom is 0.224 e. The fourth-order valence-corrected chi connectivity index (χ4v) is 3.11. The van der Waals surface area contributed by atoms with Crippen LogP contribution in [-0.2, 0) is 4.79 Å². The number of hydrogen-bond acceptors (Lipinski definition) is 4. The number of amides is 1. The van der Waals surface area contributed by atoms with Gasteiger partial charge in [-0.25, -0.2) is 4.98 Å². The maximum atomic E-state index is 11.9. The van der Waals surface area contributed by atoms with E-state index in [-0.39, 0.29) is 19.1 Å². The highest BCUT2D eigenvalue weighted by Gasteiger charge is 2.14. The summed E-state index contributed by atoms with van der Waals surface area (Å²) in [7, 11) is 0. The Morgan fingerprint density at radius 1 is 1.15 bits per heavy atom. The van der Waals surface area contributed by atoms with Crippen molar-refractivity contribution in [3.05, 3.63) is 53.6 Å². The van der Waals surface area contributed by atoms with E-state index in [1.807, 2.05) is 63.2 Å². The molecule has 1 aromatic heterocycles. The van der Waals surface area contributed by atoms with Crippen LogP contribution in [0.2, 0.25) is 0 Å². The molecule has 3 rings (SSSR count). The number of nitrogens with zero attached hydrogens (tertiary/aromatic N) is 1. The van der Waals surface area contributed by atoms with Gasteiger partial charge in [0.1, 0.15) is 12.4 Å². The summed E-state index contributed by atoms with van der Waals surface area (Å²) in [5.41, 5.74) is 5.38. The van der Waals surface area contributed by atoms with Crippen molar-refractivity contribution in [1.82, 2.24) is 4.98 Å². The first-order valence-corrected chi connectivity index (χ1v) is 9.09. The number of carbonyl (C=O) groups is 1. The number of fused-ring (bicyclic) bond motifs is 1. The number of ether oxygens (including phenoxy) is 1. The van der Waals surface area contributed by atoms with Gasteiger partial charge in [0, 0.05) is 17.4 Å². The van der Waals surface area contributed by atoms with E-state index in [9.17, 15) is 4.79 Å². The van der Waals surface area contributed by atoms with Gasteiger partial charge in [-0.15, -0.1) is 0 Å². The largest absolute Gasteiger partial charge is 0.490 e. The van der Waals surface area contributed by atoms with E-state index in [2.05, 4.69) is 5.32 Å². The number of anilines is 1. The molecule has 0 atom stereocenters. The van der Waals surface area contributed by atoms with E-state index in [1.165, 1.54) is 0 Å². The highest BCUT2D eigenvalue weighted by Crippen LogP contribution is 2.34. The molecule has 3 aromatic rings. The van der Waals surface area contributed by atoms with E-state index in [0.29, 0.717) is 12.2 Å². The van der Waals surface area contributed by atoms with Gasteiger partial charge < -0.3 is 15.2 Å². The first-order valence-electron chi connectivity index (χ1n) is 9.09. The van der Waals surface area contributed by atoms with Gasteiger partial charge in [-0.05, 0) is 49.2 Å². The van der Waals surface area contributed by atoms with E-state index >= 15 is 0 Å². The molecule has 0 aliphatic rings. The van der Waals surface area contributed by atoms with Gasteiger partial charge in [-0.1, -0.05) is 25.1 Å². The number of aromatic nitrogens is 1. The molecule has 140 valence electrons. The van der Waals surface area contributed by atoms with Crippen molar-refractivity contribution in [2.75, 3.05) is 18.5 Å². The summed E-state index contributed by atoms with van der Waals surface area (Å²) < 4.78 is 5.67. The maximum absolute atomic E-state index is 11.9. The molecule has 0 unspecified atom stereocenters. The minimum absolute atomic E-state index is 0.0219. The number of para-hydroxylation sites is 1. The van der Waals surface area contributed by atoms with Crippen LogP contribution in [0.3, 0.4) is 0 Å². The van der Waals surface area contributed by atoms with Crippen LogP contribution in [0.15, 0.2) is 42.5 Å². The minimum Gasteiger partial charge on any atom is -0.490 e. The monoisotopic (exact) mass is 364 g/mol. The van der Waals surface area contributed by atoms with E-state index < -0.39 is 0 Å². The Bertz CT molecular complexity index is 983. The third-order valence-electron chi connectivity index (χ3n) is 4.47. The second-order valence-corrected chi connectivity index (χ2v) is 6.45. The zero-order valence-electron chi connectivity index (χ0n) is 15.9. The van der Waals surface area contributed by atoms with Gasteiger partial charge in [-0.2, -0.15) is 0 Å². The quantitative estimate of drug-likeness (QED) is 0.686. The molecule has 0 radical (unpaired) electrons. The number of aliphatic hydroxyl groups excluding tert-OH is 1. The van der Waals surface area contributed by atoms with Crippen LogP contribution in [-0.4, -0.2) is 29.2 Å². The summed E-state index contributed by atoms with van der Waals surface area (Å²) in [6, 6.07) is 13.6. The second-order valence-electron chi connectivity index (χ2n) is 6.45.